The minimum Gasteiger partial charge on any atom is -0.445 e. The van der Waals surface area contributed by atoms with Crippen LogP contribution in [0, 0.1) is 0 Å². The molecule has 0 unspecified atom stereocenters. The number of pyridine rings is 2. The maximum absolute atomic E-state index is 13.1. The molecule has 0 saturated carbocycles. The van der Waals surface area contributed by atoms with Gasteiger partial charge >= 0.3 is 12.2 Å². The van der Waals surface area contributed by atoms with Crippen molar-refractivity contribution in [3.05, 3.63) is 239 Å². The summed E-state index contributed by atoms with van der Waals surface area (Å²) in [5, 5.41) is 9.07. The van der Waals surface area contributed by atoms with Crippen molar-refractivity contribution in [2.45, 2.75) is 69.9 Å². The van der Waals surface area contributed by atoms with Gasteiger partial charge in [0.05, 0.1) is 18.1 Å². The Bertz CT molecular complexity index is 4730. The Morgan fingerprint density at radius 2 is 0.906 bits per heavy atom. The average molecular weight is 1350 g/mol. The fourth-order valence-corrected chi connectivity index (χ4v) is 12.7. The highest BCUT2D eigenvalue weighted by Crippen LogP contribution is 2.39. The number of halogens is 1. The molecule has 3 fully saturated rings. The molecule has 26 heteroatoms. The highest BCUT2D eigenvalue weighted by atomic mass is 79.9. The molecule has 3 atom stereocenters. The Morgan fingerprint density at radius 1 is 0.479 bits per heavy atom. The normalized spacial score (nSPS) is 15.8. The maximum Gasteiger partial charge on any atom is 0.410 e. The molecule has 3 saturated heterocycles. The zero-order valence-electron chi connectivity index (χ0n) is 51.9. The number of likely N-dealkylation sites (tertiary alicyclic amines) is 2. The molecule has 9 N–H and O–H groups in total. The number of hydrogen-bond donors (Lipinski definition) is 6. The first-order chi connectivity index (χ1) is 46.9. The van der Waals surface area contributed by atoms with E-state index in [1.165, 1.54) is 0 Å². The predicted octanol–water partition coefficient (Wildman–Crippen LogP) is 11.7. The molecule has 8 aromatic heterocycles. The Labute approximate surface area is 558 Å². The van der Waals surface area contributed by atoms with Gasteiger partial charge in [-0.25, -0.2) is 49.5 Å². The van der Waals surface area contributed by atoms with Crippen LogP contribution in [0.1, 0.15) is 106 Å². The molecule has 3 aliphatic heterocycles. The molecule has 25 nitrogen and oxygen atoms in total. The SMILES string of the molecule is Nc1nccn2c([C@@H]3CCCN3)nc(-c3ccc(C(=O)Nc4ccccn4)cc3)c12.Nc1nccn2c([C@@H]3CCCN3C(=O)OCc3ccccc3)nc(-c3ccc(C(=O)Nc4ccccn4)cc3)c12.Nc1nccn2c([C@@H]3CCCN3C(=O)OCc3ccccc3)nc(Br)c12. The van der Waals surface area contributed by atoms with Crippen molar-refractivity contribution in [2.75, 3.05) is 47.5 Å². The number of aromatic nitrogens is 11. The number of hydrogen-bond acceptors (Lipinski definition) is 18. The van der Waals surface area contributed by atoms with E-state index in [4.69, 9.17) is 36.6 Å². The number of imidazole rings is 3. The molecule has 0 spiro atoms. The van der Waals surface area contributed by atoms with E-state index < -0.39 is 0 Å². The van der Waals surface area contributed by atoms with Gasteiger partial charge in [0.25, 0.3) is 11.8 Å². The number of amides is 4. The third-order valence-corrected chi connectivity index (χ3v) is 17.3. The van der Waals surface area contributed by atoms with Gasteiger partial charge in [-0.15, -0.1) is 0 Å². The van der Waals surface area contributed by atoms with Crippen molar-refractivity contribution < 1.29 is 28.7 Å². The van der Waals surface area contributed by atoms with E-state index in [-0.39, 0.29) is 55.3 Å². The molecule has 3 aliphatic rings. The number of nitrogen functional groups attached to an aromatic ring is 3. The second kappa shape index (κ2) is 28.7. The Balaban J connectivity index is 0.000000134. The summed E-state index contributed by atoms with van der Waals surface area (Å²) in [6.07, 6.45) is 18.5. The molecular formula is C70H66BrN19O6. The summed E-state index contributed by atoms with van der Waals surface area (Å²) in [4.78, 5) is 89.8. The van der Waals surface area contributed by atoms with Crippen LogP contribution in [0.15, 0.2) is 200 Å². The first-order valence-electron chi connectivity index (χ1n) is 31.3. The number of benzene rings is 4. The molecule has 0 aliphatic carbocycles. The molecule has 0 bridgehead atoms. The summed E-state index contributed by atoms with van der Waals surface area (Å²) in [5.41, 5.74) is 26.6. The fraction of sp³-hybridized carbons (Fsp3) is 0.200. The zero-order valence-corrected chi connectivity index (χ0v) is 53.4. The molecule has 4 amide bonds. The number of ether oxygens (including phenoxy) is 2. The van der Waals surface area contributed by atoms with Gasteiger partial charge in [-0.1, -0.05) is 97.1 Å². The fourth-order valence-electron chi connectivity index (χ4n) is 12.2. The number of nitrogens with two attached hydrogens (primary N) is 3. The van der Waals surface area contributed by atoms with Crippen LogP contribution in [0.3, 0.4) is 0 Å². The lowest BCUT2D eigenvalue weighted by Crippen LogP contribution is -2.32. The van der Waals surface area contributed by atoms with E-state index in [0.717, 1.165) is 90.2 Å². The lowest BCUT2D eigenvalue weighted by atomic mass is 10.1. The summed E-state index contributed by atoms with van der Waals surface area (Å²) >= 11 is 3.45. The third-order valence-electron chi connectivity index (χ3n) is 16.8. The van der Waals surface area contributed by atoms with E-state index in [1.807, 2.05) is 117 Å². The first-order valence-corrected chi connectivity index (χ1v) is 32.1. The topological polar surface area (TPSA) is 324 Å². The Morgan fingerprint density at radius 3 is 1.35 bits per heavy atom. The molecule has 12 aromatic rings. The number of nitrogens with zero attached hydrogens (tertiary/aromatic N) is 13. The summed E-state index contributed by atoms with van der Waals surface area (Å²) in [6, 6.07) is 44.1. The second-order valence-corrected chi connectivity index (χ2v) is 23.7. The van der Waals surface area contributed by atoms with E-state index >= 15 is 0 Å². The highest BCUT2D eigenvalue weighted by molar-refractivity contribution is 9.10. The number of rotatable bonds is 13. The number of carbonyl (C=O) groups excluding carboxylic acids is 4. The van der Waals surface area contributed by atoms with Crippen molar-refractivity contribution in [3.63, 3.8) is 0 Å². The highest BCUT2D eigenvalue weighted by Gasteiger charge is 2.37. The predicted molar refractivity (Wildman–Crippen MR) is 366 cm³/mol. The summed E-state index contributed by atoms with van der Waals surface area (Å²) in [7, 11) is 0. The van der Waals surface area contributed by atoms with Crippen molar-refractivity contribution in [1.82, 2.24) is 68.2 Å². The minimum absolute atomic E-state index is 0.154. The quantitative estimate of drug-likeness (QED) is 0.0624. The van der Waals surface area contributed by atoms with Gasteiger partial charge in [0.15, 0.2) is 5.82 Å². The standard InChI is InChI=1S/C30H27N7O3.C22H21N7O.C18H18BrN5O2/c31-27-26-25(21-11-13-22(14-12-21)29(38)34-24-10-4-5-15-32-24)35-28(37(26)18-16-33-27)23-9-6-17-36(23)30(39)40-19-20-7-2-1-3-8-20;23-20-19-18(28-21(16-4-3-11-24-16)29(19)13-12-26-20)14-6-8-15(9-7-14)22(30)27-17-5-1-2-10-25-17;19-15-14-16(20)21-8-10-24(14)17(22-15)13-7-4-9-23(13)18(25)26-11-12-5-2-1-3-6-12/h1-5,7-8,10-16,18,23H,6,9,17,19H2,(H2,31,33)(H,32,34,38);1-2,5-10,12-13,16,24H,3-4,11H2,(H2,23,26)(H,25,27,30);1-3,5-6,8,10,13H,4,7,9,11H2,(H2,20,21)/t23-;16-;13-/m000/s1. The van der Waals surface area contributed by atoms with E-state index in [9.17, 15) is 19.2 Å². The Kier molecular flexibility index (Phi) is 18.9. The molecule has 11 heterocycles. The van der Waals surface area contributed by atoms with Crippen LogP contribution in [0.4, 0.5) is 38.7 Å². The number of carbonyl (C=O) groups is 4. The molecule has 484 valence electrons. The van der Waals surface area contributed by atoms with Crippen LogP contribution in [0.5, 0.6) is 0 Å². The Hall–Kier alpha value is -11.6. The van der Waals surface area contributed by atoms with Crippen LogP contribution in [-0.4, -0.2) is 107 Å². The van der Waals surface area contributed by atoms with Gasteiger partial charge in [0.2, 0.25) is 0 Å². The molecule has 96 heavy (non-hydrogen) atoms. The number of anilines is 5. The van der Waals surface area contributed by atoms with Crippen LogP contribution < -0.4 is 33.2 Å². The first kappa shape index (κ1) is 63.1. The smallest absolute Gasteiger partial charge is 0.410 e. The van der Waals surface area contributed by atoms with Crippen molar-refractivity contribution in [1.29, 1.82) is 0 Å². The van der Waals surface area contributed by atoms with Gasteiger partial charge in [-0.2, -0.15) is 0 Å². The average Bonchev–Trinajstić information content (AvgIpc) is 1.62. The molecular weight excluding hydrogens is 1280 g/mol. The number of nitrogens with one attached hydrogen (secondary N) is 3. The van der Waals surface area contributed by atoms with E-state index in [0.29, 0.717) is 80.5 Å². The lowest BCUT2D eigenvalue weighted by molar-refractivity contribution is 0.0901. The maximum atomic E-state index is 13.1. The third kappa shape index (κ3) is 13.7. The zero-order chi connectivity index (χ0) is 66.1. The van der Waals surface area contributed by atoms with Gasteiger partial charge in [0.1, 0.15) is 86.5 Å². The van der Waals surface area contributed by atoms with E-state index in [2.05, 4.69) is 61.8 Å². The van der Waals surface area contributed by atoms with Crippen molar-refractivity contribution in [2.24, 2.45) is 0 Å². The van der Waals surface area contributed by atoms with Crippen LogP contribution in [0.25, 0.3) is 39.1 Å². The second-order valence-electron chi connectivity index (χ2n) is 22.9. The van der Waals surface area contributed by atoms with Crippen LogP contribution >= 0.6 is 15.9 Å². The lowest BCUT2D eigenvalue weighted by Gasteiger charge is -2.23. The monoisotopic (exact) mass is 1350 g/mol. The van der Waals surface area contributed by atoms with Gasteiger partial charge in [-0.05, 0) is 121 Å². The summed E-state index contributed by atoms with van der Waals surface area (Å²) in [5.74, 6) is 4.04. The van der Waals surface area contributed by atoms with E-state index in [1.54, 1.807) is 102 Å². The van der Waals surface area contributed by atoms with Gasteiger partial charge < -0.3 is 42.6 Å². The summed E-state index contributed by atoms with van der Waals surface area (Å²) in [6.45, 7) is 2.66. The van der Waals surface area contributed by atoms with Crippen LogP contribution in [0.2, 0.25) is 0 Å². The molecule has 4 aromatic carbocycles. The number of fused-ring (bicyclic) bond motifs is 3. The van der Waals surface area contributed by atoms with Crippen LogP contribution in [-0.2, 0) is 22.7 Å². The largest absolute Gasteiger partial charge is 0.445 e. The summed E-state index contributed by atoms with van der Waals surface area (Å²) < 4.78 is 17.6. The van der Waals surface area contributed by atoms with Gasteiger partial charge in [-0.3, -0.25) is 32.6 Å². The molecule has 15 rings (SSSR count). The minimum atomic E-state index is -0.380. The molecule has 0 radical (unpaired) electrons. The van der Waals surface area contributed by atoms with Crippen molar-refractivity contribution in [3.8, 4) is 22.5 Å². The van der Waals surface area contributed by atoms with Crippen molar-refractivity contribution >= 4 is 85.6 Å². The van der Waals surface area contributed by atoms with Gasteiger partial charge in [0, 0.05) is 84.9 Å².